The summed E-state index contributed by atoms with van der Waals surface area (Å²) in [4.78, 5) is 24.1. The Morgan fingerprint density at radius 2 is 2.44 bits per heavy atom. The van der Waals surface area contributed by atoms with Crippen molar-refractivity contribution < 1.29 is 9.59 Å². The largest absolute Gasteiger partial charge is 0.298 e. The molecular weight excluding hydrogens is 284 g/mol. The van der Waals surface area contributed by atoms with Crippen LogP contribution in [-0.2, 0) is 9.59 Å². The molecule has 1 aromatic heterocycles. The summed E-state index contributed by atoms with van der Waals surface area (Å²) in [6.45, 7) is 0. The number of rotatable bonds is 4. The maximum atomic E-state index is 11.9. The first-order valence-corrected chi connectivity index (χ1v) is 7.99. The smallest absolute Gasteiger partial charge is 0.169 e. The first-order chi connectivity index (χ1) is 8.76. The molecule has 0 aliphatic carbocycles. The lowest BCUT2D eigenvalue weighted by molar-refractivity contribution is -0.117. The van der Waals surface area contributed by atoms with E-state index in [9.17, 15) is 9.59 Å². The zero-order chi connectivity index (χ0) is 13.0. The number of hydrogen-bond acceptors (Lipinski definition) is 5. The van der Waals surface area contributed by atoms with Crippen LogP contribution in [0.1, 0.15) is 16.5 Å². The minimum atomic E-state index is -0.0818. The predicted octanol–water partition coefficient (Wildman–Crippen LogP) is 3.27. The van der Waals surface area contributed by atoms with Crippen molar-refractivity contribution >= 4 is 46.9 Å². The predicted molar refractivity (Wildman–Crippen MR) is 78.7 cm³/mol. The fourth-order valence-electron chi connectivity index (χ4n) is 1.59. The summed E-state index contributed by atoms with van der Waals surface area (Å²) in [6, 6.07) is 3.99. The number of carbonyl (C=O) groups excluding carboxylic acids is 2. The highest BCUT2D eigenvalue weighted by molar-refractivity contribution is 8.22. The third-order valence-electron chi connectivity index (χ3n) is 2.41. The molecule has 0 amide bonds. The van der Waals surface area contributed by atoms with E-state index >= 15 is 0 Å². The molecule has 2 heterocycles. The topological polar surface area (TPSA) is 34.1 Å². The molecule has 5 heteroatoms. The van der Waals surface area contributed by atoms with Gasteiger partial charge in [0.2, 0.25) is 0 Å². The summed E-state index contributed by atoms with van der Waals surface area (Å²) >= 11 is 4.60. The van der Waals surface area contributed by atoms with Gasteiger partial charge in [-0.2, -0.15) is 0 Å². The summed E-state index contributed by atoms with van der Waals surface area (Å²) < 4.78 is 0.762. The number of aldehydes is 1. The van der Waals surface area contributed by atoms with E-state index in [0.29, 0.717) is 18.5 Å². The molecular formula is C13H10O2S3. The van der Waals surface area contributed by atoms with Gasteiger partial charge in [-0.1, -0.05) is 12.0 Å². The van der Waals surface area contributed by atoms with Crippen LogP contribution in [0.3, 0.4) is 0 Å². The van der Waals surface area contributed by atoms with Gasteiger partial charge in [0.15, 0.2) is 12.1 Å². The van der Waals surface area contributed by atoms with Crippen molar-refractivity contribution in [2.75, 3.05) is 5.75 Å². The number of hydrogen-bond donors (Lipinski definition) is 0. The van der Waals surface area contributed by atoms with Gasteiger partial charge >= 0.3 is 0 Å². The molecule has 0 fully saturated rings. The van der Waals surface area contributed by atoms with Crippen LogP contribution in [-0.4, -0.2) is 17.8 Å². The van der Waals surface area contributed by atoms with Crippen molar-refractivity contribution in [1.82, 2.24) is 0 Å². The molecule has 1 unspecified atom stereocenters. The van der Waals surface area contributed by atoms with Crippen molar-refractivity contribution in [2.24, 2.45) is 0 Å². The molecule has 0 saturated heterocycles. The molecule has 0 radical (unpaired) electrons. The number of thiophene rings is 1. The van der Waals surface area contributed by atoms with E-state index in [0.717, 1.165) is 9.11 Å². The van der Waals surface area contributed by atoms with Crippen LogP contribution >= 0.6 is 34.9 Å². The van der Waals surface area contributed by atoms with Gasteiger partial charge in [-0.25, -0.2) is 0 Å². The van der Waals surface area contributed by atoms with E-state index in [2.05, 4.69) is 5.92 Å². The Labute approximate surface area is 118 Å². The molecule has 0 spiro atoms. The molecule has 0 N–H and O–H groups in total. The van der Waals surface area contributed by atoms with E-state index in [1.165, 1.54) is 11.8 Å². The van der Waals surface area contributed by atoms with Gasteiger partial charge < -0.3 is 0 Å². The average Bonchev–Trinajstić information content (AvgIpc) is 2.89. The second-order valence-electron chi connectivity index (χ2n) is 3.56. The van der Waals surface area contributed by atoms with Gasteiger partial charge in [-0.05, 0) is 11.4 Å². The lowest BCUT2D eigenvalue weighted by Crippen LogP contribution is -2.14. The van der Waals surface area contributed by atoms with Crippen LogP contribution in [0.25, 0.3) is 0 Å². The van der Waals surface area contributed by atoms with E-state index in [1.54, 1.807) is 23.1 Å². The van der Waals surface area contributed by atoms with Crippen LogP contribution in [0.5, 0.6) is 0 Å². The summed E-state index contributed by atoms with van der Waals surface area (Å²) in [5, 5.41) is 2.11. The SMILES string of the molecule is C#CCSC1=C(C=O)C(=O)CC(c2cccs2)S1. The normalized spacial score (nSPS) is 19.7. The fourth-order valence-corrected chi connectivity index (χ4v) is 4.92. The lowest BCUT2D eigenvalue weighted by atomic mass is 10.1. The molecule has 0 aromatic carbocycles. The van der Waals surface area contributed by atoms with Crippen LogP contribution in [0.4, 0.5) is 0 Å². The molecule has 2 rings (SSSR count). The maximum Gasteiger partial charge on any atom is 0.169 e. The summed E-state index contributed by atoms with van der Waals surface area (Å²) in [7, 11) is 0. The van der Waals surface area contributed by atoms with Crippen LogP contribution < -0.4 is 0 Å². The van der Waals surface area contributed by atoms with Crippen LogP contribution in [0.15, 0.2) is 27.3 Å². The van der Waals surface area contributed by atoms with E-state index < -0.39 is 0 Å². The second-order valence-corrected chi connectivity index (χ2v) is 7.00. The molecule has 18 heavy (non-hydrogen) atoms. The van der Waals surface area contributed by atoms with E-state index in [1.807, 2.05) is 17.5 Å². The summed E-state index contributed by atoms with van der Waals surface area (Å²) in [5.41, 5.74) is 0.285. The molecule has 1 aliphatic rings. The van der Waals surface area contributed by atoms with Gasteiger partial charge in [-0.15, -0.1) is 41.3 Å². The number of ketones is 1. The Balaban J connectivity index is 2.25. The fraction of sp³-hybridized carbons (Fsp3) is 0.231. The highest BCUT2D eigenvalue weighted by atomic mass is 32.2. The highest BCUT2D eigenvalue weighted by Gasteiger charge is 2.29. The van der Waals surface area contributed by atoms with Gasteiger partial charge in [-0.3, -0.25) is 9.59 Å². The minimum Gasteiger partial charge on any atom is -0.298 e. The standard InChI is InChI=1S/C13H10O2S3/c1-2-5-17-13-9(8-14)10(15)7-12(18-13)11-4-3-6-16-11/h1,3-4,6,8,12H,5,7H2. The van der Waals surface area contributed by atoms with Crippen LogP contribution in [0.2, 0.25) is 0 Å². The minimum absolute atomic E-state index is 0.0818. The van der Waals surface area contributed by atoms with Crippen molar-refractivity contribution in [3.63, 3.8) is 0 Å². The van der Waals surface area contributed by atoms with E-state index in [4.69, 9.17) is 6.42 Å². The molecule has 1 aromatic rings. The first kappa shape index (κ1) is 13.5. The molecule has 0 bridgehead atoms. The number of thioether (sulfide) groups is 2. The summed E-state index contributed by atoms with van der Waals surface area (Å²) in [6.07, 6.45) is 6.26. The average molecular weight is 294 g/mol. The molecule has 1 aliphatic heterocycles. The zero-order valence-corrected chi connectivity index (χ0v) is 11.9. The highest BCUT2D eigenvalue weighted by Crippen LogP contribution is 2.48. The number of carbonyl (C=O) groups is 2. The number of Topliss-reactive ketones (excluding diaryl/α,β-unsaturated/α-hetero) is 1. The Bertz CT molecular complexity index is 523. The molecule has 0 saturated carbocycles. The zero-order valence-electron chi connectivity index (χ0n) is 9.42. The van der Waals surface area contributed by atoms with Gasteiger partial charge in [0.1, 0.15) is 0 Å². The molecule has 2 nitrogen and oxygen atoms in total. The first-order valence-electron chi connectivity index (χ1n) is 5.25. The monoisotopic (exact) mass is 294 g/mol. The van der Waals surface area contributed by atoms with Gasteiger partial charge in [0.25, 0.3) is 0 Å². The second kappa shape index (κ2) is 6.28. The quantitative estimate of drug-likeness (QED) is 0.485. The summed E-state index contributed by atoms with van der Waals surface area (Å²) in [5.74, 6) is 2.91. The van der Waals surface area contributed by atoms with Crippen LogP contribution in [0, 0.1) is 12.3 Å². The van der Waals surface area contributed by atoms with Crippen molar-refractivity contribution in [2.45, 2.75) is 11.7 Å². The van der Waals surface area contributed by atoms with Crippen molar-refractivity contribution in [1.29, 1.82) is 0 Å². The van der Waals surface area contributed by atoms with Gasteiger partial charge in [0, 0.05) is 11.3 Å². The number of terminal acetylenes is 1. The lowest BCUT2D eigenvalue weighted by Gasteiger charge is -2.22. The van der Waals surface area contributed by atoms with Gasteiger partial charge in [0.05, 0.1) is 20.8 Å². The molecule has 1 atom stereocenters. The Kier molecular flexibility index (Phi) is 4.70. The Hall–Kier alpha value is -0.960. The van der Waals surface area contributed by atoms with Crippen molar-refractivity contribution in [3.8, 4) is 12.3 Å². The third-order valence-corrected chi connectivity index (χ3v) is 6.12. The van der Waals surface area contributed by atoms with E-state index in [-0.39, 0.29) is 16.6 Å². The maximum absolute atomic E-state index is 11.9. The third kappa shape index (κ3) is 2.89. The Morgan fingerprint density at radius 3 is 3.06 bits per heavy atom. The molecule has 92 valence electrons. The number of allylic oxidation sites excluding steroid dienone is 1. The Morgan fingerprint density at radius 1 is 1.61 bits per heavy atom. The van der Waals surface area contributed by atoms with Crippen molar-refractivity contribution in [3.05, 3.63) is 32.2 Å².